The van der Waals surface area contributed by atoms with Crippen LogP contribution in [0.15, 0.2) is 24.3 Å². The highest BCUT2D eigenvalue weighted by Crippen LogP contribution is 2.24. The molecule has 0 fully saturated rings. The van der Waals surface area contributed by atoms with Crippen molar-refractivity contribution in [2.24, 2.45) is 5.92 Å². The van der Waals surface area contributed by atoms with Crippen LogP contribution in [0.5, 0.6) is 0 Å². The summed E-state index contributed by atoms with van der Waals surface area (Å²) < 4.78 is 0. The number of nitrogens with one attached hydrogen (secondary N) is 2. The Bertz CT molecular complexity index is 557. The Labute approximate surface area is 138 Å². The number of nitrogens with zero attached hydrogens (tertiary/aromatic N) is 1. The van der Waals surface area contributed by atoms with E-state index in [1.165, 1.54) is 0 Å². The van der Waals surface area contributed by atoms with Crippen molar-refractivity contribution < 1.29 is 9.59 Å². The quantitative estimate of drug-likeness (QED) is 0.778. The Kier molecular flexibility index (Phi) is 6.16. The van der Waals surface area contributed by atoms with Gasteiger partial charge in [-0.2, -0.15) is 0 Å². The zero-order valence-corrected chi connectivity index (χ0v) is 14.3. The molecule has 1 aliphatic heterocycles. The molecule has 1 atom stereocenters. The largest absolute Gasteiger partial charge is 0.353 e. The van der Waals surface area contributed by atoms with E-state index in [1.807, 2.05) is 45.2 Å². The van der Waals surface area contributed by atoms with Crippen molar-refractivity contribution >= 4 is 11.8 Å². The maximum absolute atomic E-state index is 12.6. The Morgan fingerprint density at radius 2 is 1.91 bits per heavy atom. The van der Waals surface area contributed by atoms with Gasteiger partial charge in [0.25, 0.3) is 0 Å². The SMILES string of the molecule is CNCCNC(=O)C1Cc2ccccc2CN1C(=O)CC(C)C. The first kappa shape index (κ1) is 17.5. The van der Waals surface area contributed by atoms with Crippen molar-refractivity contribution in [3.05, 3.63) is 35.4 Å². The Morgan fingerprint density at radius 1 is 1.22 bits per heavy atom. The minimum atomic E-state index is -0.409. The third-order valence-corrected chi connectivity index (χ3v) is 4.13. The molecule has 0 aromatic heterocycles. The summed E-state index contributed by atoms with van der Waals surface area (Å²) in [6.07, 6.45) is 1.06. The van der Waals surface area contributed by atoms with Crippen LogP contribution in [-0.2, 0) is 22.6 Å². The predicted octanol–water partition coefficient (Wildman–Crippen LogP) is 1.32. The molecule has 5 nitrogen and oxygen atoms in total. The third kappa shape index (κ3) is 4.55. The van der Waals surface area contributed by atoms with Crippen LogP contribution in [0.1, 0.15) is 31.4 Å². The summed E-state index contributed by atoms with van der Waals surface area (Å²) in [6, 6.07) is 7.65. The molecule has 0 saturated carbocycles. The zero-order valence-electron chi connectivity index (χ0n) is 14.3. The number of rotatable bonds is 6. The lowest BCUT2D eigenvalue weighted by Crippen LogP contribution is -2.53. The molecule has 1 aromatic rings. The number of fused-ring (bicyclic) bond motifs is 1. The summed E-state index contributed by atoms with van der Waals surface area (Å²) in [4.78, 5) is 26.9. The molecule has 1 aromatic carbocycles. The summed E-state index contributed by atoms with van der Waals surface area (Å²) in [6.45, 7) is 5.86. The number of likely N-dealkylation sites (N-methyl/N-ethyl adjacent to an activating group) is 1. The van der Waals surface area contributed by atoms with Gasteiger partial charge in [0.05, 0.1) is 0 Å². The van der Waals surface area contributed by atoms with E-state index >= 15 is 0 Å². The fraction of sp³-hybridized carbons (Fsp3) is 0.556. The van der Waals surface area contributed by atoms with Crippen LogP contribution in [0.4, 0.5) is 0 Å². The average Bonchev–Trinajstić information content (AvgIpc) is 2.53. The Hall–Kier alpha value is -1.88. The summed E-state index contributed by atoms with van der Waals surface area (Å²) >= 11 is 0. The van der Waals surface area contributed by atoms with Crippen molar-refractivity contribution in [3.63, 3.8) is 0 Å². The maximum Gasteiger partial charge on any atom is 0.243 e. The van der Waals surface area contributed by atoms with E-state index in [0.717, 1.165) is 17.7 Å². The van der Waals surface area contributed by atoms with Gasteiger partial charge >= 0.3 is 0 Å². The lowest BCUT2D eigenvalue weighted by atomic mass is 9.92. The fourth-order valence-electron chi connectivity index (χ4n) is 2.91. The number of benzene rings is 1. The standard InChI is InChI=1S/C18H27N3O2/c1-13(2)10-17(22)21-12-15-7-5-4-6-14(15)11-16(21)18(23)20-9-8-19-3/h4-7,13,16,19H,8-12H2,1-3H3,(H,20,23). The van der Waals surface area contributed by atoms with E-state index in [0.29, 0.717) is 25.9 Å². The lowest BCUT2D eigenvalue weighted by Gasteiger charge is -2.36. The molecule has 126 valence electrons. The van der Waals surface area contributed by atoms with Gasteiger partial charge in [0.15, 0.2) is 0 Å². The Morgan fingerprint density at radius 3 is 2.57 bits per heavy atom. The molecule has 1 unspecified atom stereocenters. The van der Waals surface area contributed by atoms with Gasteiger partial charge in [0.1, 0.15) is 6.04 Å². The van der Waals surface area contributed by atoms with Gasteiger partial charge in [-0.3, -0.25) is 9.59 Å². The highest BCUT2D eigenvalue weighted by molar-refractivity contribution is 5.88. The molecule has 2 rings (SSSR count). The van der Waals surface area contributed by atoms with Gasteiger partial charge in [0.2, 0.25) is 11.8 Å². The van der Waals surface area contributed by atoms with E-state index in [2.05, 4.69) is 10.6 Å². The van der Waals surface area contributed by atoms with Crippen molar-refractivity contribution in [3.8, 4) is 0 Å². The van der Waals surface area contributed by atoms with Gasteiger partial charge in [-0.15, -0.1) is 0 Å². The van der Waals surface area contributed by atoms with Crippen molar-refractivity contribution in [1.29, 1.82) is 0 Å². The van der Waals surface area contributed by atoms with Crippen molar-refractivity contribution in [2.45, 2.75) is 39.3 Å². The molecule has 2 amide bonds. The minimum Gasteiger partial charge on any atom is -0.353 e. The van der Waals surface area contributed by atoms with Crippen molar-refractivity contribution in [1.82, 2.24) is 15.5 Å². The monoisotopic (exact) mass is 317 g/mol. The Balaban J connectivity index is 2.17. The molecule has 1 aliphatic rings. The van der Waals surface area contributed by atoms with Crippen LogP contribution in [0.3, 0.4) is 0 Å². The molecule has 0 saturated heterocycles. The van der Waals surface area contributed by atoms with Gasteiger partial charge in [-0.1, -0.05) is 38.1 Å². The molecule has 2 N–H and O–H groups in total. The molecule has 0 aliphatic carbocycles. The molecule has 0 bridgehead atoms. The molecular formula is C18H27N3O2. The van der Waals surface area contributed by atoms with E-state index in [-0.39, 0.29) is 17.7 Å². The maximum atomic E-state index is 12.6. The van der Waals surface area contributed by atoms with Crippen LogP contribution in [-0.4, -0.2) is 42.9 Å². The summed E-state index contributed by atoms with van der Waals surface area (Å²) in [7, 11) is 1.85. The first-order chi connectivity index (χ1) is 11.0. The van der Waals surface area contributed by atoms with E-state index in [9.17, 15) is 9.59 Å². The normalized spacial score (nSPS) is 17.0. The number of hydrogen-bond donors (Lipinski definition) is 2. The second-order valence-electron chi connectivity index (χ2n) is 6.50. The molecular weight excluding hydrogens is 290 g/mol. The van der Waals surface area contributed by atoms with Gasteiger partial charge in [-0.25, -0.2) is 0 Å². The number of carbonyl (C=O) groups excluding carboxylic acids is 2. The summed E-state index contributed by atoms with van der Waals surface area (Å²) in [5.41, 5.74) is 2.30. The van der Waals surface area contributed by atoms with Gasteiger partial charge in [0, 0.05) is 32.5 Å². The van der Waals surface area contributed by atoms with Crippen LogP contribution in [0.2, 0.25) is 0 Å². The molecule has 23 heavy (non-hydrogen) atoms. The van der Waals surface area contributed by atoms with E-state index < -0.39 is 6.04 Å². The smallest absolute Gasteiger partial charge is 0.243 e. The third-order valence-electron chi connectivity index (χ3n) is 4.13. The summed E-state index contributed by atoms with van der Waals surface area (Å²) in [5.74, 6) is 0.280. The van der Waals surface area contributed by atoms with Gasteiger partial charge < -0.3 is 15.5 Å². The second-order valence-corrected chi connectivity index (χ2v) is 6.50. The zero-order chi connectivity index (χ0) is 16.8. The summed E-state index contributed by atoms with van der Waals surface area (Å²) in [5, 5.41) is 5.93. The van der Waals surface area contributed by atoms with Gasteiger partial charge in [-0.05, 0) is 24.1 Å². The first-order valence-electron chi connectivity index (χ1n) is 8.31. The molecule has 0 radical (unpaired) electrons. The fourth-order valence-corrected chi connectivity index (χ4v) is 2.91. The van der Waals surface area contributed by atoms with E-state index in [1.54, 1.807) is 4.90 Å². The predicted molar refractivity (Wildman–Crippen MR) is 90.9 cm³/mol. The highest BCUT2D eigenvalue weighted by atomic mass is 16.2. The van der Waals surface area contributed by atoms with Crippen LogP contribution >= 0.6 is 0 Å². The van der Waals surface area contributed by atoms with Crippen LogP contribution in [0, 0.1) is 5.92 Å². The molecule has 0 spiro atoms. The number of carbonyl (C=O) groups is 2. The number of amides is 2. The highest BCUT2D eigenvalue weighted by Gasteiger charge is 2.34. The topological polar surface area (TPSA) is 61.4 Å². The number of hydrogen-bond acceptors (Lipinski definition) is 3. The first-order valence-corrected chi connectivity index (χ1v) is 8.31. The molecule has 5 heteroatoms. The average molecular weight is 317 g/mol. The molecule has 1 heterocycles. The van der Waals surface area contributed by atoms with Crippen LogP contribution in [0.25, 0.3) is 0 Å². The minimum absolute atomic E-state index is 0.0586. The van der Waals surface area contributed by atoms with Crippen LogP contribution < -0.4 is 10.6 Å². The van der Waals surface area contributed by atoms with Crippen molar-refractivity contribution in [2.75, 3.05) is 20.1 Å². The van der Waals surface area contributed by atoms with E-state index in [4.69, 9.17) is 0 Å². The lowest BCUT2D eigenvalue weighted by molar-refractivity contribution is -0.142. The second kappa shape index (κ2) is 8.11.